The Kier molecular flexibility index (Phi) is 9.98. The zero-order valence-corrected chi connectivity index (χ0v) is 16.6. The van der Waals surface area contributed by atoms with Gasteiger partial charge in [0.1, 0.15) is 5.75 Å². The number of benzene rings is 1. The van der Waals surface area contributed by atoms with E-state index in [1.54, 1.807) is 6.07 Å². The van der Waals surface area contributed by atoms with Crippen LogP contribution in [0.25, 0.3) is 0 Å². The number of aryl methyl sites for hydroxylation is 1. The van der Waals surface area contributed by atoms with Gasteiger partial charge in [0.15, 0.2) is 0 Å². The lowest BCUT2D eigenvalue weighted by Gasteiger charge is -2.23. The van der Waals surface area contributed by atoms with Crippen LogP contribution in [0.1, 0.15) is 65.5 Å². The largest absolute Gasteiger partial charge is 0.695 e. The summed E-state index contributed by atoms with van der Waals surface area (Å²) < 4.78 is 20.4. The number of ether oxygens (including phenoxy) is 1. The molecule has 24 heavy (non-hydrogen) atoms. The van der Waals surface area contributed by atoms with E-state index in [1.807, 2.05) is 39.8 Å². The summed E-state index contributed by atoms with van der Waals surface area (Å²) in [7, 11) is -2.83. The minimum Gasteiger partial charge on any atom is -0.424 e. The first-order valence-electron chi connectivity index (χ1n) is 8.18. The Balaban J connectivity index is 0.00000118. The van der Waals surface area contributed by atoms with Crippen molar-refractivity contribution >= 4 is 14.2 Å². The molecule has 0 aliphatic rings. The van der Waals surface area contributed by atoms with Crippen molar-refractivity contribution in [3.8, 4) is 5.75 Å². The molecule has 0 heterocycles. The average Bonchev–Trinajstić information content (AvgIpc) is 2.47. The number of hydrogen-bond donors (Lipinski definition) is 1. The third-order valence-electron chi connectivity index (χ3n) is 3.23. The molecule has 0 saturated heterocycles. The second-order valence-corrected chi connectivity index (χ2v) is 7.34. The quantitative estimate of drug-likeness (QED) is 0.453. The molecule has 2 unspecified atom stereocenters. The molecule has 1 aromatic rings. The van der Waals surface area contributed by atoms with E-state index in [4.69, 9.17) is 9.63 Å². The van der Waals surface area contributed by atoms with Crippen LogP contribution in [0, 0.1) is 6.92 Å². The number of unbranched alkanes of at least 4 members (excludes halogenated alkanes) is 1. The highest BCUT2D eigenvalue weighted by molar-refractivity contribution is 7.32. The van der Waals surface area contributed by atoms with Crippen molar-refractivity contribution in [3.63, 3.8) is 0 Å². The van der Waals surface area contributed by atoms with Gasteiger partial charge < -0.3 is 4.74 Å². The molecule has 6 heteroatoms. The minimum absolute atomic E-state index is 0.187. The van der Waals surface area contributed by atoms with Crippen LogP contribution >= 0.6 is 8.25 Å². The number of esters is 1. The molecule has 1 aromatic carbocycles. The molecule has 0 radical (unpaired) electrons. The molecule has 2 atom stereocenters. The Morgan fingerprint density at radius 2 is 1.79 bits per heavy atom. The van der Waals surface area contributed by atoms with E-state index in [2.05, 4.69) is 18.4 Å². The molecular weight excluding hydrogens is 327 g/mol. The van der Waals surface area contributed by atoms with Crippen molar-refractivity contribution in [3.05, 3.63) is 29.3 Å². The summed E-state index contributed by atoms with van der Waals surface area (Å²) in [6, 6.07) is 5.52. The van der Waals surface area contributed by atoms with E-state index in [0.29, 0.717) is 5.75 Å². The second-order valence-electron chi connectivity index (χ2n) is 6.66. The van der Waals surface area contributed by atoms with Gasteiger partial charge in [-0.1, -0.05) is 65.2 Å². The van der Waals surface area contributed by atoms with Gasteiger partial charge in [-0.05, 0) is 25.3 Å². The van der Waals surface area contributed by atoms with Crippen LogP contribution in [0.2, 0.25) is 0 Å². The maximum atomic E-state index is 11.8. The smallest absolute Gasteiger partial charge is 0.424 e. The number of carbonyl (C=O) groups is 1. The highest BCUT2D eigenvalue weighted by atomic mass is 31.1. The normalized spacial score (nSPS) is 12.8. The monoisotopic (exact) mass is 357 g/mol. The predicted octanol–water partition coefficient (Wildman–Crippen LogP) is 5.06. The molecule has 1 N–H and O–H groups in total. The number of hydrogen-bond acceptors (Lipinski definition) is 4. The lowest BCUT2D eigenvalue weighted by Crippen LogP contribution is -2.25. The maximum absolute atomic E-state index is 11.8. The molecular formula is C18H30O5P+. The molecule has 0 aromatic heterocycles. The van der Waals surface area contributed by atoms with Crippen LogP contribution in [0.15, 0.2) is 18.2 Å². The van der Waals surface area contributed by atoms with E-state index < -0.39 is 20.3 Å². The first-order chi connectivity index (χ1) is 11.0. The van der Waals surface area contributed by atoms with E-state index in [9.17, 15) is 9.36 Å². The van der Waals surface area contributed by atoms with Crippen molar-refractivity contribution in [1.29, 1.82) is 0 Å². The van der Waals surface area contributed by atoms with Gasteiger partial charge in [0.05, 0.1) is 0 Å². The van der Waals surface area contributed by atoms with Crippen molar-refractivity contribution in [1.82, 2.24) is 0 Å². The Morgan fingerprint density at radius 1 is 1.25 bits per heavy atom. The van der Waals surface area contributed by atoms with Crippen LogP contribution in [-0.2, 0) is 19.3 Å². The Bertz CT molecular complexity index is 547. The Hall–Kier alpha value is -1.29. The molecule has 0 amide bonds. The first kappa shape index (κ1) is 22.7. The fourth-order valence-electron chi connectivity index (χ4n) is 1.69. The fraction of sp³-hybridized carbons (Fsp3) is 0.611. The molecule has 5 nitrogen and oxygen atoms in total. The van der Waals surface area contributed by atoms with Crippen LogP contribution in [0.5, 0.6) is 5.75 Å². The third-order valence-corrected chi connectivity index (χ3v) is 3.73. The van der Waals surface area contributed by atoms with Gasteiger partial charge >= 0.3 is 14.2 Å². The van der Waals surface area contributed by atoms with E-state index in [0.717, 1.165) is 11.1 Å². The Labute approximate surface area is 146 Å². The van der Waals surface area contributed by atoms with Gasteiger partial charge in [-0.15, -0.1) is 9.42 Å². The number of carbonyl (C=O) groups excluding carboxylic acids is 1. The fourth-order valence-corrected chi connectivity index (χ4v) is 2.05. The summed E-state index contributed by atoms with van der Waals surface area (Å²) in [5, 5.41) is 0. The van der Waals surface area contributed by atoms with E-state index in [-0.39, 0.29) is 5.41 Å². The molecule has 0 bridgehead atoms. The zero-order chi connectivity index (χ0) is 18.9. The zero-order valence-electron chi connectivity index (χ0n) is 15.8. The van der Waals surface area contributed by atoms with Crippen molar-refractivity contribution < 1.29 is 23.5 Å². The summed E-state index contributed by atoms with van der Waals surface area (Å²) >= 11 is 0. The van der Waals surface area contributed by atoms with Crippen LogP contribution in [0.3, 0.4) is 0 Å². The molecule has 0 fully saturated rings. The van der Waals surface area contributed by atoms with Gasteiger partial charge in [0, 0.05) is 10.1 Å². The van der Waals surface area contributed by atoms with Gasteiger partial charge in [0.2, 0.25) is 6.10 Å². The second kappa shape index (κ2) is 10.5. The highest BCUT2D eigenvalue weighted by Crippen LogP contribution is 2.32. The van der Waals surface area contributed by atoms with Crippen LogP contribution in [-0.4, -0.2) is 17.0 Å². The predicted molar refractivity (Wildman–Crippen MR) is 96.5 cm³/mol. The summed E-state index contributed by atoms with van der Waals surface area (Å²) in [6.07, 6.45) is 1.54. The number of rotatable bonds is 5. The molecule has 136 valence electrons. The van der Waals surface area contributed by atoms with Gasteiger partial charge in [-0.3, -0.25) is 0 Å². The van der Waals surface area contributed by atoms with Crippen molar-refractivity contribution in [2.75, 3.05) is 0 Å². The minimum atomic E-state index is -2.83. The molecule has 0 spiro atoms. The topological polar surface area (TPSA) is 72.8 Å². The Morgan fingerprint density at radius 3 is 2.21 bits per heavy atom. The molecule has 0 aliphatic heterocycles. The van der Waals surface area contributed by atoms with Gasteiger partial charge in [0.25, 0.3) is 0 Å². The summed E-state index contributed by atoms with van der Waals surface area (Å²) in [5.41, 5.74) is 1.78. The van der Waals surface area contributed by atoms with Crippen LogP contribution < -0.4 is 4.74 Å². The van der Waals surface area contributed by atoms with Gasteiger partial charge in [-0.2, -0.15) is 0 Å². The average molecular weight is 357 g/mol. The maximum Gasteiger partial charge on any atom is 0.695 e. The van der Waals surface area contributed by atoms with Crippen molar-refractivity contribution in [2.24, 2.45) is 0 Å². The van der Waals surface area contributed by atoms with E-state index >= 15 is 0 Å². The third kappa shape index (κ3) is 8.53. The SMILES string of the molecule is CCCC.Cc1ccc(OC(=O)C(C)O[P+](=O)O)c(C(C)(C)C)c1. The van der Waals surface area contributed by atoms with Crippen molar-refractivity contribution in [2.45, 2.75) is 72.8 Å². The lowest BCUT2D eigenvalue weighted by molar-refractivity contribution is -0.141. The first-order valence-corrected chi connectivity index (χ1v) is 9.31. The standard InChI is InChI=1S/C14H19O5P.C4H10/c1-9-6-7-12(11(8-9)14(3,4)5)18-13(15)10(2)19-20(16)17;1-3-4-2/h6-8,10H,1-5H3;3-4H2,1-2H3/p+1. The summed E-state index contributed by atoms with van der Waals surface area (Å²) in [6.45, 7) is 13.7. The van der Waals surface area contributed by atoms with Crippen LogP contribution in [0.4, 0.5) is 0 Å². The highest BCUT2D eigenvalue weighted by Gasteiger charge is 2.29. The summed E-state index contributed by atoms with van der Waals surface area (Å²) in [5.74, 6) is -0.256. The van der Waals surface area contributed by atoms with Gasteiger partial charge in [-0.25, -0.2) is 4.79 Å². The molecule has 0 saturated carbocycles. The van der Waals surface area contributed by atoms with E-state index in [1.165, 1.54) is 19.8 Å². The molecule has 1 rings (SSSR count). The molecule has 0 aliphatic carbocycles. The summed E-state index contributed by atoms with van der Waals surface area (Å²) in [4.78, 5) is 20.5. The lowest BCUT2D eigenvalue weighted by atomic mass is 9.85.